The molecule has 0 spiro atoms. The number of aromatic nitrogens is 2. The molecule has 6 nitrogen and oxygen atoms in total. The second kappa shape index (κ2) is 7.35. The summed E-state index contributed by atoms with van der Waals surface area (Å²) in [5, 5.41) is 4.15. The van der Waals surface area contributed by atoms with Crippen LogP contribution in [-0.2, 0) is 10.2 Å². The first kappa shape index (κ1) is 19.2. The molecule has 1 aliphatic rings. The Morgan fingerprint density at radius 1 is 1.10 bits per heavy atom. The summed E-state index contributed by atoms with van der Waals surface area (Å²) >= 11 is 0. The van der Waals surface area contributed by atoms with E-state index < -0.39 is 0 Å². The molecule has 1 aromatic heterocycles. The van der Waals surface area contributed by atoms with E-state index in [2.05, 4.69) is 43.0 Å². The number of rotatable bonds is 4. The predicted octanol–water partition coefficient (Wildman–Crippen LogP) is 4.56. The van der Waals surface area contributed by atoms with E-state index in [0.717, 1.165) is 11.3 Å². The molecule has 0 radical (unpaired) electrons. The van der Waals surface area contributed by atoms with E-state index in [4.69, 9.17) is 9.26 Å². The highest BCUT2D eigenvalue weighted by Gasteiger charge is 2.35. The fraction of sp³-hybridized carbons (Fsp3) is 0.348. The minimum atomic E-state index is -0.112. The smallest absolute Gasteiger partial charge is 0.257 e. The van der Waals surface area contributed by atoms with Gasteiger partial charge in [0.2, 0.25) is 5.91 Å². The highest BCUT2D eigenvalue weighted by atomic mass is 16.5. The number of hydrogen-bond donors (Lipinski definition) is 0. The van der Waals surface area contributed by atoms with Crippen molar-refractivity contribution in [2.75, 3.05) is 18.6 Å². The lowest BCUT2D eigenvalue weighted by atomic mass is 9.87. The number of para-hydroxylation sites is 2. The Morgan fingerprint density at radius 3 is 2.52 bits per heavy atom. The van der Waals surface area contributed by atoms with Crippen molar-refractivity contribution in [1.82, 2.24) is 10.1 Å². The standard InChI is InChI=1S/C23H25N3O3/c1-23(2,3)17-11-9-15(10-12-17)22-24-21(25-29-22)16-13-20(27)26(14-16)18-7-5-6-8-19(18)28-4/h5-12,16H,13-14H2,1-4H3. The molecule has 1 atom stereocenters. The second-order valence-corrected chi connectivity index (χ2v) is 8.36. The van der Waals surface area contributed by atoms with E-state index in [1.54, 1.807) is 12.0 Å². The maximum absolute atomic E-state index is 12.6. The molecule has 1 fully saturated rings. The first-order chi connectivity index (χ1) is 13.9. The van der Waals surface area contributed by atoms with Gasteiger partial charge in [-0.2, -0.15) is 4.98 Å². The number of nitrogens with zero attached hydrogens (tertiary/aromatic N) is 3. The molecule has 2 aromatic carbocycles. The summed E-state index contributed by atoms with van der Waals surface area (Å²) in [7, 11) is 1.60. The quantitative estimate of drug-likeness (QED) is 0.652. The van der Waals surface area contributed by atoms with Crippen LogP contribution in [0.3, 0.4) is 0 Å². The number of carbonyl (C=O) groups is 1. The molecular formula is C23H25N3O3. The van der Waals surface area contributed by atoms with Gasteiger partial charge in [-0.3, -0.25) is 4.79 Å². The molecule has 1 amide bonds. The van der Waals surface area contributed by atoms with E-state index in [0.29, 0.717) is 30.4 Å². The van der Waals surface area contributed by atoms with E-state index in [1.165, 1.54) is 5.56 Å². The summed E-state index contributed by atoms with van der Waals surface area (Å²) in [6, 6.07) is 15.7. The molecule has 0 bridgehead atoms. The van der Waals surface area contributed by atoms with Crippen LogP contribution in [0.15, 0.2) is 53.1 Å². The number of ether oxygens (including phenoxy) is 1. The molecule has 29 heavy (non-hydrogen) atoms. The van der Waals surface area contributed by atoms with Gasteiger partial charge in [-0.05, 0) is 35.2 Å². The topological polar surface area (TPSA) is 68.5 Å². The summed E-state index contributed by atoms with van der Waals surface area (Å²) in [5.74, 6) is 1.63. The number of amides is 1. The zero-order valence-electron chi connectivity index (χ0n) is 17.2. The maximum atomic E-state index is 12.6. The molecule has 0 saturated carbocycles. The van der Waals surface area contributed by atoms with Crippen LogP contribution in [0.1, 0.15) is 44.5 Å². The largest absolute Gasteiger partial charge is 0.495 e. The van der Waals surface area contributed by atoms with Crippen LogP contribution in [0.4, 0.5) is 5.69 Å². The van der Waals surface area contributed by atoms with Crippen LogP contribution in [0.2, 0.25) is 0 Å². The van der Waals surface area contributed by atoms with Crippen molar-refractivity contribution in [3.63, 3.8) is 0 Å². The molecule has 3 aromatic rings. The summed E-state index contributed by atoms with van der Waals surface area (Å²) in [4.78, 5) is 18.9. The van der Waals surface area contributed by atoms with Gasteiger partial charge in [0.1, 0.15) is 5.75 Å². The second-order valence-electron chi connectivity index (χ2n) is 8.36. The fourth-order valence-corrected chi connectivity index (χ4v) is 3.60. The van der Waals surface area contributed by atoms with Gasteiger partial charge in [0.25, 0.3) is 5.89 Å². The molecule has 150 valence electrons. The average Bonchev–Trinajstić information content (AvgIpc) is 3.34. The molecule has 4 rings (SSSR count). The third-order valence-corrected chi connectivity index (χ3v) is 5.31. The van der Waals surface area contributed by atoms with Gasteiger partial charge in [-0.15, -0.1) is 0 Å². The Bertz CT molecular complexity index is 1020. The van der Waals surface area contributed by atoms with Gasteiger partial charge >= 0.3 is 0 Å². The number of hydrogen-bond acceptors (Lipinski definition) is 5. The number of methoxy groups -OCH3 is 1. The highest BCUT2D eigenvalue weighted by molar-refractivity contribution is 5.97. The molecule has 0 aliphatic carbocycles. The van der Waals surface area contributed by atoms with E-state index in [9.17, 15) is 4.79 Å². The van der Waals surface area contributed by atoms with E-state index >= 15 is 0 Å². The van der Waals surface area contributed by atoms with Gasteiger partial charge < -0.3 is 14.2 Å². The van der Waals surface area contributed by atoms with Crippen molar-refractivity contribution in [2.45, 2.75) is 38.5 Å². The lowest BCUT2D eigenvalue weighted by molar-refractivity contribution is -0.117. The van der Waals surface area contributed by atoms with Crippen LogP contribution in [0.25, 0.3) is 11.5 Å². The summed E-state index contributed by atoms with van der Waals surface area (Å²) < 4.78 is 10.9. The minimum Gasteiger partial charge on any atom is -0.495 e. The van der Waals surface area contributed by atoms with Crippen molar-refractivity contribution in [3.8, 4) is 17.2 Å². The Labute approximate surface area is 170 Å². The first-order valence-electron chi connectivity index (χ1n) is 9.74. The molecule has 6 heteroatoms. The minimum absolute atomic E-state index is 0.0281. The van der Waals surface area contributed by atoms with Crippen LogP contribution in [0.5, 0.6) is 5.75 Å². The van der Waals surface area contributed by atoms with Crippen LogP contribution < -0.4 is 9.64 Å². The summed E-state index contributed by atoms with van der Waals surface area (Å²) in [6.07, 6.45) is 0.347. The molecule has 1 saturated heterocycles. The Kier molecular flexibility index (Phi) is 4.86. The third kappa shape index (κ3) is 3.75. The van der Waals surface area contributed by atoms with Crippen molar-refractivity contribution in [3.05, 3.63) is 59.9 Å². The Morgan fingerprint density at radius 2 is 1.83 bits per heavy atom. The lowest BCUT2D eigenvalue weighted by Gasteiger charge is -2.19. The Hall–Kier alpha value is -3.15. The molecule has 1 unspecified atom stereocenters. The normalized spacial score (nSPS) is 17.0. The zero-order valence-corrected chi connectivity index (χ0v) is 17.2. The van der Waals surface area contributed by atoms with Crippen LogP contribution >= 0.6 is 0 Å². The zero-order chi connectivity index (χ0) is 20.6. The van der Waals surface area contributed by atoms with E-state index in [1.807, 2.05) is 36.4 Å². The molecule has 0 N–H and O–H groups in total. The lowest BCUT2D eigenvalue weighted by Crippen LogP contribution is -2.24. The monoisotopic (exact) mass is 391 g/mol. The van der Waals surface area contributed by atoms with Gasteiger partial charge in [0.05, 0.1) is 12.8 Å². The molecule has 1 aliphatic heterocycles. The Balaban J connectivity index is 1.54. The number of carbonyl (C=O) groups excluding carboxylic acids is 1. The summed E-state index contributed by atoms with van der Waals surface area (Å²) in [5.41, 5.74) is 2.98. The number of anilines is 1. The van der Waals surface area contributed by atoms with E-state index in [-0.39, 0.29) is 17.2 Å². The number of benzene rings is 2. The third-order valence-electron chi connectivity index (χ3n) is 5.31. The fourth-order valence-electron chi connectivity index (χ4n) is 3.60. The maximum Gasteiger partial charge on any atom is 0.257 e. The van der Waals surface area contributed by atoms with Crippen molar-refractivity contribution < 1.29 is 14.1 Å². The van der Waals surface area contributed by atoms with Crippen molar-refractivity contribution in [2.24, 2.45) is 0 Å². The molecular weight excluding hydrogens is 366 g/mol. The van der Waals surface area contributed by atoms with Crippen molar-refractivity contribution in [1.29, 1.82) is 0 Å². The highest BCUT2D eigenvalue weighted by Crippen LogP contribution is 2.36. The van der Waals surface area contributed by atoms with Gasteiger partial charge in [0, 0.05) is 24.4 Å². The van der Waals surface area contributed by atoms with Gasteiger partial charge in [-0.1, -0.05) is 50.2 Å². The summed E-state index contributed by atoms with van der Waals surface area (Å²) in [6.45, 7) is 7.04. The average molecular weight is 391 g/mol. The van der Waals surface area contributed by atoms with Gasteiger partial charge in [-0.25, -0.2) is 0 Å². The predicted molar refractivity (Wildman–Crippen MR) is 111 cm³/mol. The SMILES string of the molecule is COc1ccccc1N1CC(c2noc(-c3ccc(C(C)(C)C)cc3)n2)CC1=O. The van der Waals surface area contributed by atoms with Gasteiger partial charge in [0.15, 0.2) is 5.82 Å². The van der Waals surface area contributed by atoms with Crippen LogP contribution in [0, 0.1) is 0 Å². The first-order valence-corrected chi connectivity index (χ1v) is 9.74. The van der Waals surface area contributed by atoms with Crippen LogP contribution in [-0.4, -0.2) is 29.7 Å². The molecule has 2 heterocycles. The van der Waals surface area contributed by atoms with Crippen molar-refractivity contribution >= 4 is 11.6 Å².